The van der Waals surface area contributed by atoms with E-state index in [1.807, 2.05) is 0 Å². The molecule has 2 saturated heterocycles. The molecule has 2 heterocycles. The molecule has 0 spiro atoms. The van der Waals surface area contributed by atoms with Gasteiger partial charge in [0.05, 0.1) is 12.2 Å². The molecule has 16 heavy (non-hydrogen) atoms. The van der Waals surface area contributed by atoms with E-state index in [0.717, 1.165) is 24.9 Å². The average Bonchev–Trinajstić information content (AvgIpc) is 2.71. The van der Waals surface area contributed by atoms with Gasteiger partial charge in [-0.25, -0.2) is 0 Å². The molecule has 3 heteroatoms. The summed E-state index contributed by atoms with van der Waals surface area (Å²) in [6.45, 7) is 7.75. The Morgan fingerprint density at radius 3 is 2.56 bits per heavy atom. The maximum atomic E-state index is 5.93. The number of rotatable bonds is 3. The van der Waals surface area contributed by atoms with Crippen LogP contribution in [0.5, 0.6) is 0 Å². The van der Waals surface area contributed by atoms with E-state index in [-0.39, 0.29) is 0 Å². The molecule has 4 unspecified atom stereocenters. The third-order valence-electron chi connectivity index (χ3n) is 4.14. The highest BCUT2D eigenvalue weighted by Crippen LogP contribution is 2.25. The highest BCUT2D eigenvalue weighted by Gasteiger charge is 2.29. The monoisotopic (exact) mass is 226 g/mol. The highest BCUT2D eigenvalue weighted by molar-refractivity contribution is 4.82. The number of ether oxygens (including phenoxy) is 1. The van der Waals surface area contributed by atoms with Gasteiger partial charge in [0.2, 0.25) is 0 Å². The SMILES string of the molecule is CC1CCC(C)N(CC2CCC(CN)O2)C1. The van der Waals surface area contributed by atoms with Gasteiger partial charge in [0.1, 0.15) is 0 Å². The first kappa shape index (κ1) is 12.3. The highest BCUT2D eigenvalue weighted by atomic mass is 16.5. The van der Waals surface area contributed by atoms with Crippen molar-refractivity contribution in [3.8, 4) is 0 Å². The van der Waals surface area contributed by atoms with Gasteiger partial charge < -0.3 is 10.5 Å². The van der Waals surface area contributed by atoms with Gasteiger partial charge in [-0.2, -0.15) is 0 Å². The molecule has 0 aromatic heterocycles. The Bertz CT molecular complexity index is 222. The van der Waals surface area contributed by atoms with Crippen LogP contribution in [0.2, 0.25) is 0 Å². The lowest BCUT2D eigenvalue weighted by atomic mass is 9.94. The topological polar surface area (TPSA) is 38.5 Å². The molecule has 3 nitrogen and oxygen atoms in total. The minimum atomic E-state index is 0.322. The van der Waals surface area contributed by atoms with Gasteiger partial charge in [0, 0.05) is 25.7 Å². The van der Waals surface area contributed by atoms with Crippen LogP contribution in [0.1, 0.15) is 39.5 Å². The Balaban J connectivity index is 1.80. The molecule has 0 saturated carbocycles. The molecule has 2 N–H and O–H groups in total. The van der Waals surface area contributed by atoms with E-state index in [1.165, 1.54) is 25.8 Å². The van der Waals surface area contributed by atoms with Crippen molar-refractivity contribution in [1.82, 2.24) is 4.90 Å². The summed E-state index contributed by atoms with van der Waals surface area (Å²) in [6, 6.07) is 0.733. The summed E-state index contributed by atoms with van der Waals surface area (Å²) in [5.74, 6) is 0.850. The summed E-state index contributed by atoms with van der Waals surface area (Å²) >= 11 is 0. The van der Waals surface area contributed by atoms with E-state index in [4.69, 9.17) is 10.5 Å². The molecule has 4 atom stereocenters. The van der Waals surface area contributed by atoms with Crippen molar-refractivity contribution in [2.24, 2.45) is 11.7 Å². The Kier molecular flexibility index (Phi) is 4.22. The molecule has 0 aromatic carbocycles. The van der Waals surface area contributed by atoms with E-state index >= 15 is 0 Å². The fourth-order valence-electron chi connectivity index (χ4n) is 2.98. The summed E-state index contributed by atoms with van der Waals surface area (Å²) < 4.78 is 5.93. The molecular weight excluding hydrogens is 200 g/mol. The molecule has 0 bridgehead atoms. The number of nitrogens with zero attached hydrogens (tertiary/aromatic N) is 1. The predicted molar refractivity (Wildman–Crippen MR) is 66.4 cm³/mol. The van der Waals surface area contributed by atoms with Crippen molar-refractivity contribution in [2.45, 2.75) is 57.8 Å². The van der Waals surface area contributed by atoms with E-state index in [1.54, 1.807) is 0 Å². The standard InChI is InChI=1S/C13H26N2O/c1-10-3-4-11(2)15(8-10)9-13-6-5-12(7-14)16-13/h10-13H,3-9,14H2,1-2H3. The molecular formula is C13H26N2O. The lowest BCUT2D eigenvalue weighted by Gasteiger charge is -2.38. The lowest BCUT2D eigenvalue weighted by Crippen LogP contribution is -2.45. The summed E-state index contributed by atoms with van der Waals surface area (Å²) in [6.07, 6.45) is 5.82. The lowest BCUT2D eigenvalue weighted by molar-refractivity contribution is 0.00634. The summed E-state index contributed by atoms with van der Waals surface area (Å²) in [5.41, 5.74) is 5.64. The van der Waals surface area contributed by atoms with Crippen LogP contribution >= 0.6 is 0 Å². The van der Waals surface area contributed by atoms with Gasteiger partial charge in [0.15, 0.2) is 0 Å². The maximum Gasteiger partial charge on any atom is 0.0707 e. The zero-order valence-corrected chi connectivity index (χ0v) is 10.7. The van der Waals surface area contributed by atoms with E-state index in [9.17, 15) is 0 Å². The quantitative estimate of drug-likeness (QED) is 0.794. The predicted octanol–water partition coefficient (Wildman–Crippen LogP) is 1.61. The van der Waals surface area contributed by atoms with Crippen molar-refractivity contribution in [1.29, 1.82) is 0 Å². The van der Waals surface area contributed by atoms with Crippen LogP contribution in [0, 0.1) is 5.92 Å². The van der Waals surface area contributed by atoms with Gasteiger partial charge in [-0.1, -0.05) is 6.92 Å². The van der Waals surface area contributed by atoms with E-state index in [0.29, 0.717) is 18.8 Å². The van der Waals surface area contributed by atoms with Crippen LogP contribution in [0.15, 0.2) is 0 Å². The Labute approximate surface area is 99.3 Å². The minimum absolute atomic E-state index is 0.322. The van der Waals surface area contributed by atoms with Crippen molar-refractivity contribution in [3.05, 3.63) is 0 Å². The third kappa shape index (κ3) is 2.96. The molecule has 2 fully saturated rings. The number of nitrogens with two attached hydrogens (primary N) is 1. The van der Waals surface area contributed by atoms with Crippen molar-refractivity contribution in [2.75, 3.05) is 19.6 Å². The zero-order valence-electron chi connectivity index (χ0n) is 10.7. The van der Waals surface area contributed by atoms with Crippen molar-refractivity contribution >= 4 is 0 Å². The fourth-order valence-corrected chi connectivity index (χ4v) is 2.98. The van der Waals surface area contributed by atoms with Crippen LogP contribution in [-0.2, 0) is 4.74 Å². The molecule has 0 aliphatic carbocycles. The number of hydrogen-bond donors (Lipinski definition) is 1. The van der Waals surface area contributed by atoms with E-state index in [2.05, 4.69) is 18.7 Å². The fraction of sp³-hybridized carbons (Fsp3) is 1.00. The first-order chi connectivity index (χ1) is 7.69. The average molecular weight is 226 g/mol. The second-order valence-corrected chi connectivity index (χ2v) is 5.68. The number of hydrogen-bond acceptors (Lipinski definition) is 3. The van der Waals surface area contributed by atoms with Crippen LogP contribution in [0.25, 0.3) is 0 Å². The van der Waals surface area contributed by atoms with Gasteiger partial charge in [-0.15, -0.1) is 0 Å². The molecule has 0 aromatic rings. The maximum absolute atomic E-state index is 5.93. The summed E-state index contributed by atoms with van der Waals surface area (Å²) in [5, 5.41) is 0. The van der Waals surface area contributed by atoms with Crippen molar-refractivity contribution in [3.63, 3.8) is 0 Å². The summed E-state index contributed by atoms with van der Waals surface area (Å²) in [4.78, 5) is 2.61. The molecule has 2 aliphatic rings. The molecule has 0 amide bonds. The number of likely N-dealkylation sites (tertiary alicyclic amines) is 1. The van der Waals surface area contributed by atoms with Crippen LogP contribution in [-0.4, -0.2) is 42.8 Å². The van der Waals surface area contributed by atoms with Crippen LogP contribution in [0.4, 0.5) is 0 Å². The molecule has 2 rings (SSSR count). The minimum Gasteiger partial charge on any atom is -0.372 e. The smallest absolute Gasteiger partial charge is 0.0707 e. The zero-order chi connectivity index (χ0) is 11.5. The third-order valence-corrected chi connectivity index (χ3v) is 4.14. The molecule has 2 aliphatic heterocycles. The Morgan fingerprint density at radius 2 is 1.88 bits per heavy atom. The first-order valence-corrected chi connectivity index (χ1v) is 6.78. The van der Waals surface area contributed by atoms with Crippen molar-refractivity contribution < 1.29 is 4.74 Å². The number of piperidine rings is 1. The Morgan fingerprint density at radius 1 is 1.12 bits per heavy atom. The van der Waals surface area contributed by atoms with Gasteiger partial charge in [-0.3, -0.25) is 4.90 Å². The second-order valence-electron chi connectivity index (χ2n) is 5.68. The van der Waals surface area contributed by atoms with Gasteiger partial charge >= 0.3 is 0 Å². The van der Waals surface area contributed by atoms with E-state index < -0.39 is 0 Å². The molecule has 0 radical (unpaired) electrons. The Hall–Kier alpha value is -0.120. The summed E-state index contributed by atoms with van der Waals surface area (Å²) in [7, 11) is 0. The van der Waals surface area contributed by atoms with Crippen LogP contribution < -0.4 is 5.73 Å². The first-order valence-electron chi connectivity index (χ1n) is 6.78. The largest absolute Gasteiger partial charge is 0.372 e. The normalized spacial score (nSPS) is 41.4. The molecule has 94 valence electrons. The van der Waals surface area contributed by atoms with Crippen LogP contribution in [0.3, 0.4) is 0 Å². The van der Waals surface area contributed by atoms with Gasteiger partial charge in [0.25, 0.3) is 0 Å². The van der Waals surface area contributed by atoms with Gasteiger partial charge in [-0.05, 0) is 38.5 Å². The second kappa shape index (κ2) is 5.48.